The summed E-state index contributed by atoms with van der Waals surface area (Å²) in [5.41, 5.74) is 9.95. The standard InChI is InChI=1S/C20H19N3O3/c1-26-18(25)11-4-13-2-5-14(6-3-13)17-12-22-20(21)19(23-17)15-7-9-16(24)10-8-15/h2-3,5-10,12,24H,4,11H2,1H3,(H2,21,22). The number of phenols is 1. The Balaban J connectivity index is 1.84. The van der Waals surface area contributed by atoms with Crippen LogP contribution >= 0.6 is 0 Å². The number of nitrogen functional groups attached to an aromatic ring is 1. The summed E-state index contributed by atoms with van der Waals surface area (Å²) in [6.45, 7) is 0. The lowest BCUT2D eigenvalue weighted by molar-refractivity contribution is -0.140. The fourth-order valence-electron chi connectivity index (χ4n) is 2.56. The van der Waals surface area contributed by atoms with E-state index in [0.717, 1.165) is 16.7 Å². The Morgan fingerprint density at radius 3 is 2.38 bits per heavy atom. The van der Waals surface area contributed by atoms with E-state index in [2.05, 4.69) is 14.7 Å². The Bertz CT molecular complexity index is 907. The number of phenolic OH excluding ortho intramolecular Hbond substituents is 1. The predicted octanol–water partition coefficient (Wildman–Crippen LogP) is 3.20. The highest BCUT2D eigenvalue weighted by Crippen LogP contribution is 2.27. The van der Waals surface area contributed by atoms with Gasteiger partial charge in [0.1, 0.15) is 17.3 Å². The molecule has 0 unspecified atom stereocenters. The summed E-state index contributed by atoms with van der Waals surface area (Å²) >= 11 is 0. The molecule has 0 aliphatic rings. The number of carbonyl (C=O) groups excluding carboxylic acids is 1. The van der Waals surface area contributed by atoms with E-state index in [-0.39, 0.29) is 11.7 Å². The second-order valence-corrected chi connectivity index (χ2v) is 5.81. The van der Waals surface area contributed by atoms with E-state index in [9.17, 15) is 9.90 Å². The molecule has 3 N–H and O–H groups in total. The number of esters is 1. The number of benzene rings is 2. The van der Waals surface area contributed by atoms with E-state index in [0.29, 0.717) is 30.0 Å². The Hall–Kier alpha value is -3.41. The van der Waals surface area contributed by atoms with Gasteiger partial charge in [0.15, 0.2) is 0 Å². The van der Waals surface area contributed by atoms with Crippen molar-refractivity contribution in [3.63, 3.8) is 0 Å². The molecule has 0 radical (unpaired) electrons. The number of hydrogen-bond donors (Lipinski definition) is 2. The van der Waals surface area contributed by atoms with E-state index in [1.165, 1.54) is 7.11 Å². The van der Waals surface area contributed by atoms with E-state index < -0.39 is 0 Å². The number of ether oxygens (including phenoxy) is 1. The van der Waals surface area contributed by atoms with Crippen molar-refractivity contribution in [3.8, 4) is 28.3 Å². The Labute approximate surface area is 151 Å². The maximum atomic E-state index is 11.2. The van der Waals surface area contributed by atoms with Gasteiger partial charge in [0, 0.05) is 17.5 Å². The molecule has 6 heteroatoms. The number of aryl methyl sites for hydroxylation is 1. The van der Waals surface area contributed by atoms with Crippen LogP contribution in [0.15, 0.2) is 54.7 Å². The Kier molecular flexibility index (Phi) is 5.12. The van der Waals surface area contributed by atoms with Gasteiger partial charge >= 0.3 is 5.97 Å². The van der Waals surface area contributed by atoms with Gasteiger partial charge in [-0.25, -0.2) is 9.97 Å². The summed E-state index contributed by atoms with van der Waals surface area (Å²) < 4.78 is 4.65. The molecule has 0 fully saturated rings. The summed E-state index contributed by atoms with van der Waals surface area (Å²) in [7, 11) is 1.39. The lowest BCUT2D eigenvalue weighted by atomic mass is 10.1. The average Bonchev–Trinajstić information content (AvgIpc) is 2.68. The molecule has 1 heterocycles. The minimum absolute atomic E-state index is 0.180. The van der Waals surface area contributed by atoms with Crippen molar-refractivity contribution in [2.45, 2.75) is 12.8 Å². The highest BCUT2D eigenvalue weighted by atomic mass is 16.5. The first-order valence-electron chi connectivity index (χ1n) is 8.15. The number of aromatic hydroxyl groups is 1. The van der Waals surface area contributed by atoms with E-state index in [4.69, 9.17) is 5.73 Å². The molecular weight excluding hydrogens is 330 g/mol. The van der Waals surface area contributed by atoms with Gasteiger partial charge in [-0.3, -0.25) is 4.79 Å². The van der Waals surface area contributed by atoms with E-state index >= 15 is 0 Å². The lowest BCUT2D eigenvalue weighted by Crippen LogP contribution is -2.02. The summed E-state index contributed by atoms with van der Waals surface area (Å²) in [5.74, 6) is 0.283. The van der Waals surface area contributed by atoms with Crippen LogP contribution in [0.5, 0.6) is 5.75 Å². The first-order chi connectivity index (χ1) is 12.6. The van der Waals surface area contributed by atoms with Gasteiger partial charge in [0.25, 0.3) is 0 Å². The number of nitrogens with two attached hydrogens (primary N) is 1. The molecule has 2 aromatic carbocycles. The third-order valence-electron chi connectivity index (χ3n) is 4.04. The first kappa shape index (κ1) is 17.4. The maximum Gasteiger partial charge on any atom is 0.305 e. The molecule has 6 nitrogen and oxygen atoms in total. The number of anilines is 1. The van der Waals surface area contributed by atoms with Crippen LogP contribution in [0.4, 0.5) is 5.82 Å². The van der Waals surface area contributed by atoms with Crippen molar-refractivity contribution in [2.24, 2.45) is 0 Å². The van der Waals surface area contributed by atoms with Gasteiger partial charge in [-0.2, -0.15) is 0 Å². The highest BCUT2D eigenvalue weighted by Gasteiger charge is 2.09. The summed E-state index contributed by atoms with van der Waals surface area (Å²) in [6.07, 6.45) is 2.60. The smallest absolute Gasteiger partial charge is 0.305 e. The SMILES string of the molecule is COC(=O)CCc1ccc(-c2cnc(N)c(-c3ccc(O)cc3)n2)cc1. The van der Waals surface area contributed by atoms with Gasteiger partial charge in [0.05, 0.1) is 19.0 Å². The number of carbonyl (C=O) groups is 1. The third kappa shape index (κ3) is 3.97. The minimum atomic E-state index is -0.225. The van der Waals surface area contributed by atoms with Crippen LogP contribution in [-0.2, 0) is 16.0 Å². The molecule has 0 aliphatic heterocycles. The van der Waals surface area contributed by atoms with Gasteiger partial charge in [-0.15, -0.1) is 0 Å². The largest absolute Gasteiger partial charge is 0.508 e. The lowest BCUT2D eigenvalue weighted by Gasteiger charge is -2.08. The van der Waals surface area contributed by atoms with Crippen LogP contribution < -0.4 is 5.73 Å². The number of rotatable bonds is 5. The zero-order chi connectivity index (χ0) is 18.5. The summed E-state index contributed by atoms with van der Waals surface area (Å²) in [5, 5.41) is 9.43. The van der Waals surface area contributed by atoms with Crippen molar-refractivity contribution in [1.82, 2.24) is 9.97 Å². The van der Waals surface area contributed by atoms with Crippen LogP contribution in [0.1, 0.15) is 12.0 Å². The fraction of sp³-hybridized carbons (Fsp3) is 0.150. The Morgan fingerprint density at radius 1 is 1.08 bits per heavy atom. The monoisotopic (exact) mass is 349 g/mol. The quantitative estimate of drug-likeness (QED) is 0.686. The predicted molar refractivity (Wildman–Crippen MR) is 99.3 cm³/mol. The molecule has 0 bridgehead atoms. The second-order valence-electron chi connectivity index (χ2n) is 5.81. The summed E-state index contributed by atoms with van der Waals surface area (Å²) in [6, 6.07) is 14.4. The van der Waals surface area contributed by atoms with Gasteiger partial charge < -0.3 is 15.6 Å². The zero-order valence-electron chi connectivity index (χ0n) is 14.3. The van der Waals surface area contributed by atoms with Crippen LogP contribution in [0, 0.1) is 0 Å². The molecule has 0 spiro atoms. The molecule has 0 saturated carbocycles. The normalized spacial score (nSPS) is 10.5. The fourth-order valence-corrected chi connectivity index (χ4v) is 2.56. The average molecular weight is 349 g/mol. The third-order valence-corrected chi connectivity index (χ3v) is 4.04. The molecule has 0 amide bonds. The van der Waals surface area contributed by atoms with Crippen molar-refractivity contribution >= 4 is 11.8 Å². The molecule has 1 aromatic heterocycles. The van der Waals surface area contributed by atoms with Crippen LogP contribution in [-0.4, -0.2) is 28.2 Å². The Morgan fingerprint density at radius 2 is 1.73 bits per heavy atom. The number of nitrogens with zero attached hydrogens (tertiary/aromatic N) is 2. The molecule has 0 atom stereocenters. The zero-order valence-corrected chi connectivity index (χ0v) is 14.3. The van der Waals surface area contributed by atoms with Crippen molar-refractivity contribution in [1.29, 1.82) is 0 Å². The number of hydrogen-bond acceptors (Lipinski definition) is 6. The van der Waals surface area contributed by atoms with Crippen LogP contribution in [0.3, 0.4) is 0 Å². The van der Waals surface area contributed by atoms with Crippen LogP contribution in [0.2, 0.25) is 0 Å². The molecule has 0 aliphatic carbocycles. The van der Waals surface area contributed by atoms with E-state index in [1.807, 2.05) is 24.3 Å². The first-order valence-corrected chi connectivity index (χ1v) is 8.15. The topological polar surface area (TPSA) is 98.3 Å². The van der Waals surface area contributed by atoms with Gasteiger partial charge in [0.2, 0.25) is 0 Å². The number of aromatic nitrogens is 2. The molecule has 26 heavy (non-hydrogen) atoms. The van der Waals surface area contributed by atoms with Crippen molar-refractivity contribution in [2.75, 3.05) is 12.8 Å². The van der Waals surface area contributed by atoms with Crippen molar-refractivity contribution < 1.29 is 14.6 Å². The number of methoxy groups -OCH3 is 1. The van der Waals surface area contributed by atoms with E-state index in [1.54, 1.807) is 30.5 Å². The van der Waals surface area contributed by atoms with Crippen LogP contribution in [0.25, 0.3) is 22.5 Å². The molecule has 3 aromatic rings. The molecule has 3 rings (SSSR count). The molecule has 132 valence electrons. The maximum absolute atomic E-state index is 11.2. The summed E-state index contributed by atoms with van der Waals surface area (Å²) in [4.78, 5) is 20.1. The van der Waals surface area contributed by atoms with Crippen molar-refractivity contribution in [3.05, 3.63) is 60.3 Å². The minimum Gasteiger partial charge on any atom is -0.508 e. The van der Waals surface area contributed by atoms with Gasteiger partial charge in [-0.05, 0) is 36.2 Å². The second kappa shape index (κ2) is 7.65. The van der Waals surface area contributed by atoms with Gasteiger partial charge in [-0.1, -0.05) is 24.3 Å². The molecular formula is C20H19N3O3. The highest BCUT2D eigenvalue weighted by molar-refractivity contribution is 5.73. The molecule has 0 saturated heterocycles.